The normalized spacial score (nSPS) is 17.0. The van der Waals surface area contributed by atoms with E-state index in [0.717, 1.165) is 18.1 Å². The summed E-state index contributed by atoms with van der Waals surface area (Å²) < 4.78 is 28.3. The second-order valence-corrected chi connectivity index (χ2v) is 12.9. The maximum absolute atomic E-state index is 13.3. The Hall–Kier alpha value is -3.62. The summed E-state index contributed by atoms with van der Waals surface area (Å²) in [6.45, 7) is 7.28. The van der Waals surface area contributed by atoms with Crippen LogP contribution in [0.25, 0.3) is 11.4 Å². The molecule has 4 N–H and O–H groups in total. The lowest BCUT2D eigenvalue weighted by atomic mass is 10.2. The number of carbonyl (C=O) groups excluding carboxylic acids is 2. The molecule has 1 aromatic carbocycles. The average molecular weight is 680 g/mol. The lowest BCUT2D eigenvalue weighted by Gasteiger charge is -2.35. The van der Waals surface area contributed by atoms with Gasteiger partial charge in [-0.25, -0.2) is 9.78 Å². The molecule has 0 spiro atoms. The second kappa shape index (κ2) is 19.3. The summed E-state index contributed by atoms with van der Waals surface area (Å²) in [7, 11) is -4.73. The number of piperazine rings is 1. The minimum atomic E-state index is -4.73. The van der Waals surface area contributed by atoms with Crippen LogP contribution in [0.2, 0.25) is 0 Å². The summed E-state index contributed by atoms with van der Waals surface area (Å²) >= 11 is 0. The fourth-order valence-electron chi connectivity index (χ4n) is 4.68. The van der Waals surface area contributed by atoms with E-state index < -0.39 is 37.7 Å². The van der Waals surface area contributed by atoms with Crippen molar-refractivity contribution in [3.63, 3.8) is 0 Å². The van der Waals surface area contributed by atoms with Crippen molar-refractivity contribution in [1.82, 2.24) is 25.1 Å². The number of hydrogen-bond acceptors (Lipinski definition) is 9. The minimum Gasteiger partial charge on any atom is -0.472 e. The van der Waals surface area contributed by atoms with Crippen molar-refractivity contribution < 1.29 is 48.1 Å². The summed E-state index contributed by atoms with van der Waals surface area (Å²) in [6.07, 6.45) is 3.22. The quantitative estimate of drug-likeness (QED) is 0.168. The van der Waals surface area contributed by atoms with Crippen LogP contribution < -0.4 is 10.1 Å². The Labute approximate surface area is 274 Å². The first kappa shape index (κ1) is 37.8. The van der Waals surface area contributed by atoms with Crippen molar-refractivity contribution in [1.29, 1.82) is 0 Å². The van der Waals surface area contributed by atoms with Gasteiger partial charge in [-0.1, -0.05) is 57.0 Å². The monoisotopic (exact) mass is 679 g/mol. The molecule has 1 aromatic heterocycles. The second-order valence-electron chi connectivity index (χ2n) is 11.2. The first-order chi connectivity index (χ1) is 22.5. The third-order valence-corrected chi connectivity index (χ3v) is 8.15. The fourth-order valence-corrected chi connectivity index (χ4v) is 5.41. The Morgan fingerprint density at radius 1 is 1.02 bits per heavy atom. The van der Waals surface area contributed by atoms with E-state index in [1.807, 2.05) is 6.07 Å². The molecule has 260 valence electrons. The summed E-state index contributed by atoms with van der Waals surface area (Å²) in [5.74, 6) is -1.28. The van der Waals surface area contributed by atoms with Gasteiger partial charge in [0.2, 0.25) is 11.8 Å². The van der Waals surface area contributed by atoms with Gasteiger partial charge in [-0.2, -0.15) is 4.98 Å². The minimum absolute atomic E-state index is 0.0196. The Kier molecular flexibility index (Phi) is 15.5. The molecule has 0 bridgehead atoms. The number of amides is 3. The highest BCUT2D eigenvalue weighted by atomic mass is 31.2. The Balaban J connectivity index is 0.000000584. The summed E-state index contributed by atoms with van der Waals surface area (Å²) in [5.41, 5.74) is 0.445. The van der Waals surface area contributed by atoms with Gasteiger partial charge in [0, 0.05) is 57.4 Å². The number of carboxylic acid groups (broad SMARTS) is 1. The standard InChI is InChI=1S/C23H28N5O9P.C8H18O/c29-21(25-18(14-38(33,34)35)22(30)27-7-9-28(10-8-27)23(31)32)17-12-19(37-16-6-11-36-13-16)26-20(24-17)15-4-2-1-3-5-15;1-3-5-7-9-8-6-4-2/h1-5,12,16,18H,6-11,13-14H2,(H,25,29)(H,31,32)(H2,33,34,35);3-8H2,1-2H3/t16-,18-;/m0./s1. The number of benzene rings is 1. The molecule has 47 heavy (non-hydrogen) atoms. The number of nitrogens with zero attached hydrogens (tertiary/aromatic N) is 4. The SMILES string of the molecule is CCCCOCCCC.O=C(N[C@@H](CP(=O)(O)O)C(=O)N1CCN(C(=O)O)CC1)c1cc(O[C@H]2CCOC2)nc(-c2ccccc2)n1. The maximum Gasteiger partial charge on any atom is 0.407 e. The largest absolute Gasteiger partial charge is 0.472 e. The topological polar surface area (TPSA) is 201 Å². The van der Waals surface area contributed by atoms with Crippen LogP contribution in [0.5, 0.6) is 5.88 Å². The number of hydrogen-bond donors (Lipinski definition) is 4. The van der Waals surface area contributed by atoms with Crippen LogP contribution in [0, 0.1) is 0 Å². The van der Waals surface area contributed by atoms with Crippen LogP contribution >= 0.6 is 7.60 Å². The Morgan fingerprint density at radius 3 is 2.21 bits per heavy atom. The van der Waals surface area contributed by atoms with E-state index in [9.17, 15) is 28.7 Å². The van der Waals surface area contributed by atoms with Crippen LogP contribution in [-0.2, 0) is 18.8 Å². The van der Waals surface area contributed by atoms with Gasteiger partial charge < -0.3 is 44.2 Å². The molecule has 0 unspecified atom stereocenters. The van der Waals surface area contributed by atoms with Crippen LogP contribution in [0.1, 0.15) is 56.4 Å². The zero-order chi connectivity index (χ0) is 34.2. The molecule has 2 fully saturated rings. The van der Waals surface area contributed by atoms with Crippen LogP contribution in [0.4, 0.5) is 4.79 Å². The van der Waals surface area contributed by atoms with Gasteiger partial charge in [0.05, 0.1) is 19.4 Å². The molecule has 0 aliphatic carbocycles. The number of aromatic nitrogens is 2. The number of rotatable bonds is 14. The maximum atomic E-state index is 13.3. The molecule has 0 radical (unpaired) electrons. The van der Waals surface area contributed by atoms with E-state index in [-0.39, 0.29) is 49.7 Å². The van der Waals surface area contributed by atoms with E-state index in [4.69, 9.17) is 19.3 Å². The van der Waals surface area contributed by atoms with E-state index in [1.54, 1.807) is 24.3 Å². The summed E-state index contributed by atoms with van der Waals surface area (Å²) in [4.78, 5) is 67.8. The third kappa shape index (κ3) is 13.2. The van der Waals surface area contributed by atoms with Gasteiger partial charge in [0.25, 0.3) is 5.91 Å². The lowest BCUT2D eigenvalue weighted by Crippen LogP contribution is -2.56. The first-order valence-electron chi connectivity index (χ1n) is 15.9. The Morgan fingerprint density at radius 2 is 1.66 bits per heavy atom. The smallest absolute Gasteiger partial charge is 0.407 e. The first-order valence-corrected chi connectivity index (χ1v) is 17.7. The van der Waals surface area contributed by atoms with Crippen LogP contribution in [-0.4, -0.2) is 123 Å². The van der Waals surface area contributed by atoms with Gasteiger partial charge in [0.15, 0.2) is 5.82 Å². The van der Waals surface area contributed by atoms with Crippen molar-refractivity contribution in [3.05, 3.63) is 42.1 Å². The fraction of sp³-hybridized carbons (Fsp3) is 0.581. The van der Waals surface area contributed by atoms with E-state index in [2.05, 4.69) is 29.1 Å². The number of carbonyl (C=O) groups is 3. The van der Waals surface area contributed by atoms with Gasteiger partial charge in [0.1, 0.15) is 17.8 Å². The molecule has 2 saturated heterocycles. The third-order valence-electron chi connectivity index (χ3n) is 7.31. The molecule has 2 aromatic rings. The number of unbranched alkanes of at least 4 members (excludes halogenated alkanes) is 2. The molecule has 3 heterocycles. The predicted molar refractivity (Wildman–Crippen MR) is 172 cm³/mol. The summed E-state index contributed by atoms with van der Waals surface area (Å²) in [6, 6.07) is 8.58. The molecule has 15 nitrogen and oxygen atoms in total. The van der Waals surface area contributed by atoms with Gasteiger partial charge in [-0.15, -0.1) is 0 Å². The molecule has 4 rings (SSSR count). The summed E-state index contributed by atoms with van der Waals surface area (Å²) in [5, 5.41) is 11.5. The molecular weight excluding hydrogens is 633 g/mol. The van der Waals surface area contributed by atoms with Gasteiger partial charge in [-0.3, -0.25) is 14.2 Å². The Bertz CT molecular complexity index is 1330. The predicted octanol–water partition coefficient (Wildman–Crippen LogP) is 3.01. The zero-order valence-electron chi connectivity index (χ0n) is 27.0. The molecule has 2 aliphatic heterocycles. The number of ether oxygens (including phenoxy) is 3. The highest BCUT2D eigenvalue weighted by Crippen LogP contribution is 2.35. The van der Waals surface area contributed by atoms with Crippen molar-refractivity contribution in [2.75, 3.05) is 58.8 Å². The number of nitrogens with one attached hydrogen (secondary N) is 1. The molecule has 16 heteroatoms. The zero-order valence-corrected chi connectivity index (χ0v) is 27.8. The van der Waals surface area contributed by atoms with Gasteiger partial charge >= 0.3 is 13.7 Å². The molecule has 2 aliphatic rings. The van der Waals surface area contributed by atoms with Crippen LogP contribution in [0.3, 0.4) is 0 Å². The average Bonchev–Trinajstić information content (AvgIpc) is 3.57. The van der Waals surface area contributed by atoms with E-state index >= 15 is 0 Å². The lowest BCUT2D eigenvalue weighted by molar-refractivity contribution is -0.134. The van der Waals surface area contributed by atoms with E-state index in [0.29, 0.717) is 25.2 Å². The molecular formula is C31H46N5O10P. The van der Waals surface area contributed by atoms with Gasteiger partial charge in [-0.05, 0) is 12.8 Å². The van der Waals surface area contributed by atoms with Crippen molar-refractivity contribution in [3.8, 4) is 17.3 Å². The molecule has 2 atom stereocenters. The van der Waals surface area contributed by atoms with Crippen LogP contribution in [0.15, 0.2) is 36.4 Å². The molecule has 0 saturated carbocycles. The van der Waals surface area contributed by atoms with Crippen molar-refractivity contribution >= 4 is 25.5 Å². The molecule has 3 amide bonds. The highest BCUT2D eigenvalue weighted by molar-refractivity contribution is 7.51. The van der Waals surface area contributed by atoms with E-state index in [1.165, 1.54) is 36.6 Å². The van der Waals surface area contributed by atoms with Crippen molar-refractivity contribution in [2.24, 2.45) is 0 Å². The highest BCUT2D eigenvalue weighted by Gasteiger charge is 2.35. The van der Waals surface area contributed by atoms with Crippen molar-refractivity contribution in [2.45, 2.75) is 58.1 Å².